The summed E-state index contributed by atoms with van der Waals surface area (Å²) in [6.45, 7) is 4.06. The van der Waals surface area contributed by atoms with E-state index in [1.165, 1.54) is 0 Å². The van der Waals surface area contributed by atoms with Gasteiger partial charge in [-0.05, 0) is 54.8 Å². The lowest BCUT2D eigenvalue weighted by Gasteiger charge is -2.05. The molecule has 0 atom stereocenters. The highest BCUT2D eigenvalue weighted by atomic mass is 16.2. The van der Waals surface area contributed by atoms with Crippen molar-refractivity contribution < 1.29 is 4.79 Å². The second-order valence-electron chi connectivity index (χ2n) is 6.19. The third-order valence-electron chi connectivity index (χ3n) is 4.39. The predicted molar refractivity (Wildman–Crippen MR) is 98.6 cm³/mol. The lowest BCUT2D eigenvalue weighted by molar-refractivity contribution is -0.110. The third kappa shape index (κ3) is 2.44. The summed E-state index contributed by atoms with van der Waals surface area (Å²) in [4.78, 5) is 15.7. The lowest BCUT2D eigenvalue weighted by Crippen LogP contribution is -2.03. The first-order valence-electron chi connectivity index (χ1n) is 8.01. The largest absolute Gasteiger partial charge is 0.359 e. The molecule has 1 aliphatic rings. The molecule has 3 nitrogen and oxygen atoms in total. The van der Waals surface area contributed by atoms with Crippen molar-refractivity contribution in [3.8, 4) is 11.1 Å². The van der Waals surface area contributed by atoms with Crippen LogP contribution in [0.1, 0.15) is 22.5 Å². The Hall–Kier alpha value is -3.07. The Labute approximate surface area is 141 Å². The van der Waals surface area contributed by atoms with Gasteiger partial charge in [-0.15, -0.1) is 0 Å². The number of fused-ring (bicyclic) bond motifs is 1. The van der Waals surface area contributed by atoms with E-state index in [4.69, 9.17) is 0 Å². The summed E-state index contributed by atoms with van der Waals surface area (Å²) < 4.78 is 0. The lowest BCUT2D eigenvalue weighted by atomic mass is 9.99. The molecule has 0 saturated heterocycles. The summed E-state index contributed by atoms with van der Waals surface area (Å²) in [6, 6.07) is 18.4. The van der Waals surface area contributed by atoms with Crippen molar-refractivity contribution in [2.75, 3.05) is 5.32 Å². The average molecular weight is 314 g/mol. The van der Waals surface area contributed by atoms with Crippen molar-refractivity contribution in [1.82, 2.24) is 4.98 Å². The van der Waals surface area contributed by atoms with Crippen molar-refractivity contribution in [2.45, 2.75) is 13.8 Å². The molecule has 4 rings (SSSR count). The molecular weight excluding hydrogens is 296 g/mol. The second kappa shape index (κ2) is 5.53. The van der Waals surface area contributed by atoms with Crippen LogP contribution in [0.25, 0.3) is 22.8 Å². The van der Waals surface area contributed by atoms with Gasteiger partial charge in [0.25, 0.3) is 5.91 Å². The zero-order valence-electron chi connectivity index (χ0n) is 13.7. The van der Waals surface area contributed by atoms with Gasteiger partial charge < -0.3 is 10.3 Å². The van der Waals surface area contributed by atoms with E-state index >= 15 is 0 Å². The SMILES string of the molecule is Cc1cc(C)c(C=C2C(=O)Nc3ccc(-c4ccccc4)cc32)[nH]1. The topological polar surface area (TPSA) is 44.9 Å². The number of carbonyl (C=O) groups is 1. The highest BCUT2D eigenvalue weighted by Gasteiger charge is 2.24. The van der Waals surface area contributed by atoms with E-state index in [1.807, 2.05) is 50.3 Å². The fourth-order valence-electron chi connectivity index (χ4n) is 3.19. The van der Waals surface area contributed by atoms with Crippen molar-refractivity contribution >= 4 is 23.2 Å². The van der Waals surface area contributed by atoms with E-state index in [9.17, 15) is 4.79 Å². The number of aromatic amines is 1. The molecule has 2 heterocycles. The Morgan fingerprint density at radius 3 is 2.42 bits per heavy atom. The zero-order chi connectivity index (χ0) is 16.7. The quantitative estimate of drug-likeness (QED) is 0.656. The Morgan fingerprint density at radius 2 is 1.71 bits per heavy atom. The molecule has 0 radical (unpaired) electrons. The first-order valence-corrected chi connectivity index (χ1v) is 8.01. The summed E-state index contributed by atoms with van der Waals surface area (Å²) in [5.41, 5.74) is 7.99. The maximum atomic E-state index is 12.4. The molecule has 0 fully saturated rings. The van der Waals surface area contributed by atoms with E-state index in [1.54, 1.807) is 0 Å². The number of H-pyrrole nitrogens is 1. The molecule has 24 heavy (non-hydrogen) atoms. The Bertz CT molecular complexity index is 965. The number of nitrogens with one attached hydrogen (secondary N) is 2. The first kappa shape index (κ1) is 14.5. The van der Waals surface area contributed by atoms with Crippen LogP contribution in [-0.2, 0) is 4.79 Å². The van der Waals surface area contributed by atoms with Gasteiger partial charge in [0.2, 0.25) is 0 Å². The molecule has 0 aliphatic carbocycles. The van der Waals surface area contributed by atoms with Crippen LogP contribution in [0.2, 0.25) is 0 Å². The van der Waals surface area contributed by atoms with Crippen LogP contribution in [-0.4, -0.2) is 10.9 Å². The minimum atomic E-state index is -0.0538. The highest BCUT2D eigenvalue weighted by Crippen LogP contribution is 2.36. The van der Waals surface area contributed by atoms with Gasteiger partial charge in [0.15, 0.2) is 0 Å². The Kier molecular flexibility index (Phi) is 3.35. The summed E-state index contributed by atoms with van der Waals surface area (Å²) in [6.07, 6.45) is 1.94. The van der Waals surface area contributed by atoms with E-state index in [0.29, 0.717) is 5.57 Å². The van der Waals surface area contributed by atoms with Gasteiger partial charge in [-0.25, -0.2) is 0 Å². The average Bonchev–Trinajstić information content (AvgIpc) is 3.07. The van der Waals surface area contributed by atoms with Gasteiger partial charge >= 0.3 is 0 Å². The number of amides is 1. The van der Waals surface area contributed by atoms with Crippen molar-refractivity contribution in [3.63, 3.8) is 0 Å². The zero-order valence-corrected chi connectivity index (χ0v) is 13.7. The van der Waals surface area contributed by atoms with E-state index in [0.717, 1.165) is 39.3 Å². The molecule has 2 N–H and O–H groups in total. The van der Waals surface area contributed by atoms with Crippen molar-refractivity contribution in [2.24, 2.45) is 0 Å². The fraction of sp³-hybridized carbons (Fsp3) is 0.0952. The number of rotatable bonds is 2. The standard InChI is InChI=1S/C21H18N2O/c1-13-10-14(2)22-20(13)12-18-17-11-16(15-6-4-3-5-7-15)8-9-19(17)23-21(18)24/h3-12,22H,1-2H3,(H,23,24). The van der Waals surface area contributed by atoms with Gasteiger partial charge in [0.05, 0.1) is 5.57 Å². The molecule has 1 amide bonds. The molecular formula is C21H18N2O. The number of hydrogen-bond donors (Lipinski definition) is 2. The highest BCUT2D eigenvalue weighted by molar-refractivity contribution is 6.35. The van der Waals surface area contributed by atoms with Crippen LogP contribution < -0.4 is 5.32 Å². The summed E-state index contributed by atoms with van der Waals surface area (Å²) in [7, 11) is 0. The number of anilines is 1. The molecule has 2 aromatic carbocycles. The van der Waals surface area contributed by atoms with Crippen molar-refractivity contribution in [3.05, 3.63) is 77.1 Å². The van der Waals surface area contributed by atoms with Gasteiger partial charge in [-0.3, -0.25) is 4.79 Å². The van der Waals surface area contributed by atoms with Crippen LogP contribution in [0.3, 0.4) is 0 Å². The smallest absolute Gasteiger partial charge is 0.256 e. The molecule has 3 aromatic rings. The first-order chi connectivity index (χ1) is 11.6. The number of aryl methyl sites for hydroxylation is 2. The fourth-order valence-corrected chi connectivity index (χ4v) is 3.19. The minimum Gasteiger partial charge on any atom is -0.359 e. The van der Waals surface area contributed by atoms with Gasteiger partial charge in [-0.2, -0.15) is 0 Å². The van der Waals surface area contributed by atoms with Crippen LogP contribution in [0, 0.1) is 13.8 Å². The minimum absolute atomic E-state index is 0.0538. The normalized spacial score (nSPS) is 14.8. The number of carbonyl (C=O) groups excluding carboxylic acids is 1. The van der Waals surface area contributed by atoms with Crippen LogP contribution in [0.4, 0.5) is 5.69 Å². The second-order valence-corrected chi connectivity index (χ2v) is 6.19. The van der Waals surface area contributed by atoms with Gasteiger partial charge in [0, 0.05) is 22.6 Å². The Balaban J connectivity index is 1.83. The molecule has 0 unspecified atom stereocenters. The van der Waals surface area contributed by atoms with Crippen LogP contribution >= 0.6 is 0 Å². The summed E-state index contributed by atoms with van der Waals surface area (Å²) in [5, 5.41) is 2.95. The molecule has 0 spiro atoms. The maximum Gasteiger partial charge on any atom is 0.256 e. The van der Waals surface area contributed by atoms with E-state index in [-0.39, 0.29) is 5.91 Å². The number of aromatic nitrogens is 1. The van der Waals surface area contributed by atoms with Gasteiger partial charge in [0.1, 0.15) is 0 Å². The molecule has 0 bridgehead atoms. The molecule has 0 saturated carbocycles. The molecule has 118 valence electrons. The van der Waals surface area contributed by atoms with E-state index in [2.05, 4.69) is 34.6 Å². The maximum absolute atomic E-state index is 12.4. The van der Waals surface area contributed by atoms with Gasteiger partial charge in [-0.1, -0.05) is 36.4 Å². The van der Waals surface area contributed by atoms with E-state index < -0.39 is 0 Å². The number of hydrogen-bond acceptors (Lipinski definition) is 1. The third-order valence-corrected chi connectivity index (χ3v) is 4.39. The Morgan fingerprint density at radius 1 is 0.917 bits per heavy atom. The molecule has 1 aliphatic heterocycles. The van der Waals surface area contributed by atoms with Crippen molar-refractivity contribution in [1.29, 1.82) is 0 Å². The summed E-state index contributed by atoms with van der Waals surface area (Å²) in [5.74, 6) is -0.0538. The van der Waals surface area contributed by atoms with Crippen LogP contribution in [0.15, 0.2) is 54.6 Å². The predicted octanol–water partition coefficient (Wildman–Crippen LogP) is 4.79. The molecule has 1 aromatic heterocycles. The molecule has 3 heteroatoms. The monoisotopic (exact) mass is 314 g/mol. The summed E-state index contributed by atoms with van der Waals surface area (Å²) >= 11 is 0. The number of benzene rings is 2. The van der Waals surface area contributed by atoms with Crippen LogP contribution in [0.5, 0.6) is 0 Å².